The monoisotopic (exact) mass is 509 g/mol. The van der Waals surface area contributed by atoms with Crippen molar-refractivity contribution < 1.29 is 17.9 Å². The molecule has 0 bridgehead atoms. The van der Waals surface area contributed by atoms with Crippen LogP contribution < -0.4 is 9.64 Å². The molecule has 35 heavy (non-hydrogen) atoms. The van der Waals surface area contributed by atoms with Crippen LogP contribution in [0.1, 0.15) is 31.0 Å². The summed E-state index contributed by atoms with van der Waals surface area (Å²) in [6.07, 6.45) is 2.82. The number of aryl methyl sites for hydroxylation is 1. The maximum absolute atomic E-state index is 13.3. The molecule has 0 spiro atoms. The van der Waals surface area contributed by atoms with Gasteiger partial charge in [0.05, 0.1) is 40.2 Å². The minimum atomic E-state index is -3.51. The van der Waals surface area contributed by atoms with Crippen molar-refractivity contribution in [3.63, 3.8) is 0 Å². The Labute approximate surface area is 209 Å². The molecule has 0 saturated heterocycles. The Bertz CT molecular complexity index is 1400. The number of rotatable bonds is 10. The molecule has 1 amide bonds. The molecule has 0 aliphatic rings. The normalized spacial score (nSPS) is 11.5. The number of para-hydroxylation sites is 1. The Morgan fingerprint density at radius 2 is 1.86 bits per heavy atom. The highest BCUT2D eigenvalue weighted by molar-refractivity contribution is 7.91. The fourth-order valence-electron chi connectivity index (χ4n) is 3.76. The van der Waals surface area contributed by atoms with Crippen molar-refractivity contribution in [1.82, 2.24) is 9.97 Å². The van der Waals surface area contributed by atoms with Crippen molar-refractivity contribution in [1.29, 1.82) is 0 Å². The van der Waals surface area contributed by atoms with Gasteiger partial charge in [0, 0.05) is 12.6 Å². The van der Waals surface area contributed by atoms with Gasteiger partial charge in [-0.25, -0.2) is 13.4 Å². The lowest BCUT2D eigenvalue weighted by molar-refractivity contribution is -0.118. The number of carbonyl (C=O) groups is 1. The molecule has 4 aromatic rings. The Balaban J connectivity index is 1.52. The second kappa shape index (κ2) is 11.0. The lowest BCUT2D eigenvalue weighted by Crippen LogP contribution is -2.30. The molecule has 0 fully saturated rings. The standard InChI is InChI=1S/C26H27N3O4S2/c1-3-19-8-6-10-23-25(19)28-26(34-23)29(18-20-9-4-5-16-27-20)24(30)11-7-17-35(31,32)22-14-12-21(33-2)13-15-22/h4-6,8-10,12-16H,3,7,11,17-18H2,1-2H3. The lowest BCUT2D eigenvalue weighted by Gasteiger charge is -2.19. The molecule has 2 heterocycles. The minimum absolute atomic E-state index is 0.0821. The van der Waals surface area contributed by atoms with Crippen LogP contribution in [0.25, 0.3) is 10.2 Å². The van der Waals surface area contributed by atoms with Gasteiger partial charge >= 0.3 is 0 Å². The third kappa shape index (κ3) is 5.86. The van der Waals surface area contributed by atoms with E-state index in [2.05, 4.69) is 11.9 Å². The van der Waals surface area contributed by atoms with Gasteiger partial charge in [-0.1, -0.05) is 36.5 Å². The fraction of sp³-hybridized carbons (Fsp3) is 0.269. The highest BCUT2D eigenvalue weighted by Gasteiger charge is 2.23. The Kier molecular flexibility index (Phi) is 7.77. The number of thiazole rings is 1. The minimum Gasteiger partial charge on any atom is -0.497 e. The number of amides is 1. The molecule has 182 valence electrons. The van der Waals surface area contributed by atoms with E-state index in [0.717, 1.165) is 27.9 Å². The van der Waals surface area contributed by atoms with E-state index in [1.807, 2.05) is 36.4 Å². The van der Waals surface area contributed by atoms with Crippen LogP contribution in [0.4, 0.5) is 5.13 Å². The number of hydrogen-bond acceptors (Lipinski definition) is 7. The van der Waals surface area contributed by atoms with Crippen LogP contribution >= 0.6 is 11.3 Å². The molecule has 0 atom stereocenters. The Morgan fingerprint density at radius 3 is 2.54 bits per heavy atom. The molecule has 0 radical (unpaired) electrons. The highest BCUT2D eigenvalue weighted by Crippen LogP contribution is 2.32. The van der Waals surface area contributed by atoms with E-state index in [9.17, 15) is 13.2 Å². The maximum atomic E-state index is 13.3. The van der Waals surface area contributed by atoms with Crippen molar-refractivity contribution in [2.45, 2.75) is 37.6 Å². The van der Waals surface area contributed by atoms with Gasteiger partial charge in [0.25, 0.3) is 0 Å². The van der Waals surface area contributed by atoms with E-state index in [4.69, 9.17) is 9.72 Å². The number of anilines is 1. The van der Waals surface area contributed by atoms with Crippen LogP contribution in [0.15, 0.2) is 71.8 Å². The van der Waals surface area contributed by atoms with Gasteiger partial charge in [-0.15, -0.1) is 0 Å². The van der Waals surface area contributed by atoms with Crippen LogP contribution in [-0.4, -0.2) is 37.2 Å². The molecule has 4 rings (SSSR count). The van der Waals surface area contributed by atoms with Crippen LogP contribution in [-0.2, 0) is 27.6 Å². The molecule has 0 aliphatic carbocycles. The summed E-state index contributed by atoms with van der Waals surface area (Å²) in [5, 5.41) is 0.592. The van der Waals surface area contributed by atoms with Gasteiger partial charge in [-0.3, -0.25) is 14.7 Å². The smallest absolute Gasteiger partial charge is 0.229 e. The molecular formula is C26H27N3O4S2. The van der Waals surface area contributed by atoms with Gasteiger partial charge in [0.1, 0.15) is 5.75 Å². The maximum Gasteiger partial charge on any atom is 0.229 e. The van der Waals surface area contributed by atoms with Crippen molar-refractivity contribution in [3.8, 4) is 5.75 Å². The Hall–Kier alpha value is -3.30. The second-order valence-corrected chi connectivity index (χ2v) is 11.1. The predicted octanol–water partition coefficient (Wildman–Crippen LogP) is 5.05. The molecule has 2 aromatic carbocycles. The first kappa shape index (κ1) is 24.8. The molecule has 0 N–H and O–H groups in total. The summed E-state index contributed by atoms with van der Waals surface area (Å²) in [7, 11) is -1.98. The zero-order valence-corrected chi connectivity index (χ0v) is 21.3. The predicted molar refractivity (Wildman–Crippen MR) is 139 cm³/mol. The van der Waals surface area contributed by atoms with Crippen molar-refractivity contribution >= 4 is 42.4 Å². The van der Waals surface area contributed by atoms with Crippen LogP contribution in [0.2, 0.25) is 0 Å². The van der Waals surface area contributed by atoms with E-state index in [-0.39, 0.29) is 35.9 Å². The van der Waals surface area contributed by atoms with Gasteiger partial charge in [0.15, 0.2) is 15.0 Å². The number of fused-ring (bicyclic) bond motifs is 1. The zero-order chi connectivity index (χ0) is 24.8. The van der Waals surface area contributed by atoms with Crippen molar-refractivity contribution in [3.05, 3.63) is 78.1 Å². The summed E-state index contributed by atoms with van der Waals surface area (Å²) in [5.41, 5.74) is 2.76. The average molecular weight is 510 g/mol. The second-order valence-electron chi connectivity index (χ2n) is 8.01. The van der Waals surface area contributed by atoms with Gasteiger partial charge < -0.3 is 4.74 Å². The van der Waals surface area contributed by atoms with Crippen LogP contribution in [0.5, 0.6) is 5.75 Å². The topological polar surface area (TPSA) is 89.5 Å². The van der Waals surface area contributed by atoms with Crippen LogP contribution in [0.3, 0.4) is 0 Å². The first-order valence-corrected chi connectivity index (χ1v) is 13.8. The number of hydrogen-bond donors (Lipinski definition) is 0. The summed E-state index contributed by atoms with van der Waals surface area (Å²) in [4.78, 5) is 24.3. The summed E-state index contributed by atoms with van der Waals surface area (Å²) in [5.74, 6) is 0.284. The molecule has 0 unspecified atom stereocenters. The summed E-state index contributed by atoms with van der Waals surface area (Å²) in [6.45, 7) is 2.35. The number of sulfone groups is 1. The Morgan fingerprint density at radius 1 is 1.06 bits per heavy atom. The van der Waals surface area contributed by atoms with Crippen LogP contribution in [0, 0.1) is 0 Å². The zero-order valence-electron chi connectivity index (χ0n) is 19.7. The number of nitrogens with zero attached hydrogens (tertiary/aromatic N) is 3. The number of ether oxygens (including phenoxy) is 1. The quantitative estimate of drug-likeness (QED) is 0.297. The molecule has 0 saturated carbocycles. The third-order valence-electron chi connectivity index (χ3n) is 5.67. The van der Waals surface area contributed by atoms with Gasteiger partial charge in [0.2, 0.25) is 5.91 Å². The number of methoxy groups -OCH3 is 1. The van der Waals surface area contributed by atoms with E-state index in [1.165, 1.54) is 30.6 Å². The van der Waals surface area contributed by atoms with E-state index in [1.54, 1.807) is 23.2 Å². The number of carbonyl (C=O) groups excluding carboxylic acids is 1. The first-order valence-electron chi connectivity index (χ1n) is 11.4. The largest absolute Gasteiger partial charge is 0.497 e. The number of aromatic nitrogens is 2. The molecular weight excluding hydrogens is 482 g/mol. The summed E-state index contributed by atoms with van der Waals surface area (Å²) >= 11 is 1.46. The van der Waals surface area contributed by atoms with E-state index >= 15 is 0 Å². The molecule has 7 nitrogen and oxygen atoms in total. The van der Waals surface area contributed by atoms with Gasteiger partial charge in [-0.2, -0.15) is 0 Å². The highest BCUT2D eigenvalue weighted by atomic mass is 32.2. The van der Waals surface area contributed by atoms with Crippen molar-refractivity contribution in [2.24, 2.45) is 0 Å². The van der Waals surface area contributed by atoms with Gasteiger partial charge in [-0.05, 0) is 60.9 Å². The molecule has 0 aliphatic heterocycles. The SMILES string of the molecule is CCc1cccc2sc(N(Cc3ccccn3)C(=O)CCCS(=O)(=O)c3ccc(OC)cc3)nc12. The number of pyridine rings is 1. The third-order valence-corrected chi connectivity index (χ3v) is 8.53. The summed E-state index contributed by atoms with van der Waals surface area (Å²) in [6, 6.07) is 17.9. The number of benzene rings is 2. The lowest BCUT2D eigenvalue weighted by atomic mass is 10.1. The van der Waals surface area contributed by atoms with E-state index in [0.29, 0.717) is 10.9 Å². The fourth-order valence-corrected chi connectivity index (χ4v) is 6.10. The molecule has 2 aromatic heterocycles. The van der Waals surface area contributed by atoms with E-state index < -0.39 is 9.84 Å². The first-order chi connectivity index (χ1) is 16.9. The summed E-state index contributed by atoms with van der Waals surface area (Å²) < 4.78 is 31.6. The van der Waals surface area contributed by atoms with Crippen molar-refractivity contribution in [2.75, 3.05) is 17.8 Å². The molecule has 9 heteroatoms. The average Bonchev–Trinajstić information content (AvgIpc) is 3.32.